The second-order valence-electron chi connectivity index (χ2n) is 5.61. The first-order valence-corrected chi connectivity index (χ1v) is 9.28. The Bertz CT molecular complexity index is 184. The van der Waals surface area contributed by atoms with E-state index in [9.17, 15) is 0 Å². The molecular formula is C16H33NS. The summed E-state index contributed by atoms with van der Waals surface area (Å²) in [5, 5.41) is 4.70. The molecule has 0 aromatic rings. The lowest BCUT2D eigenvalue weighted by Crippen LogP contribution is -2.34. The van der Waals surface area contributed by atoms with Crippen molar-refractivity contribution in [1.82, 2.24) is 5.32 Å². The Labute approximate surface area is 119 Å². The maximum absolute atomic E-state index is 3.80. The number of hydrogen-bond acceptors (Lipinski definition) is 2. The van der Waals surface area contributed by atoms with Crippen LogP contribution in [0.2, 0.25) is 0 Å². The molecule has 18 heavy (non-hydrogen) atoms. The van der Waals surface area contributed by atoms with Crippen LogP contribution in [0.4, 0.5) is 0 Å². The van der Waals surface area contributed by atoms with Crippen LogP contribution in [0.25, 0.3) is 0 Å². The summed E-state index contributed by atoms with van der Waals surface area (Å²) in [5.74, 6) is 1.28. The van der Waals surface area contributed by atoms with E-state index in [0.29, 0.717) is 0 Å². The first kappa shape index (κ1) is 16.4. The number of nitrogens with one attached hydrogen (secondary N) is 1. The molecule has 0 aromatic heterocycles. The van der Waals surface area contributed by atoms with E-state index in [0.717, 1.165) is 11.3 Å². The number of unbranched alkanes of at least 4 members (excludes halogenated alkanes) is 6. The highest BCUT2D eigenvalue weighted by molar-refractivity contribution is 7.99. The fourth-order valence-corrected chi connectivity index (χ4v) is 4.17. The monoisotopic (exact) mass is 271 g/mol. The highest BCUT2D eigenvalue weighted by Crippen LogP contribution is 2.29. The minimum Gasteiger partial charge on any atom is -0.313 e. The predicted octanol–water partition coefficient (Wildman–Crippen LogP) is 5.00. The van der Waals surface area contributed by atoms with Crippen molar-refractivity contribution in [3.8, 4) is 0 Å². The fourth-order valence-electron chi connectivity index (χ4n) is 2.94. The van der Waals surface area contributed by atoms with Gasteiger partial charge in [-0.3, -0.25) is 0 Å². The van der Waals surface area contributed by atoms with Gasteiger partial charge in [0.05, 0.1) is 0 Å². The molecule has 1 saturated carbocycles. The molecule has 0 bridgehead atoms. The molecule has 0 aliphatic heterocycles. The van der Waals surface area contributed by atoms with Crippen LogP contribution in [0.1, 0.15) is 78.1 Å². The third-order valence-electron chi connectivity index (χ3n) is 4.02. The molecule has 0 spiro atoms. The van der Waals surface area contributed by atoms with Gasteiger partial charge in [-0.15, -0.1) is 0 Å². The lowest BCUT2D eigenvalue weighted by atomic mass is 10.1. The van der Waals surface area contributed by atoms with E-state index >= 15 is 0 Å². The van der Waals surface area contributed by atoms with Crippen LogP contribution in [0, 0.1) is 0 Å². The highest BCUT2D eigenvalue weighted by Gasteiger charge is 2.26. The van der Waals surface area contributed by atoms with Crippen molar-refractivity contribution in [2.24, 2.45) is 0 Å². The number of hydrogen-bond donors (Lipinski definition) is 1. The van der Waals surface area contributed by atoms with Crippen LogP contribution in [-0.2, 0) is 0 Å². The molecule has 0 aromatic carbocycles. The standard InChI is InChI=1S/C16H33NS/c1-3-5-6-7-8-9-10-14-17-15-12-11-13-16(15)18-4-2/h15-17H,3-14H2,1-2H3. The van der Waals surface area contributed by atoms with Gasteiger partial charge in [0.15, 0.2) is 0 Å². The topological polar surface area (TPSA) is 12.0 Å². The number of thioether (sulfide) groups is 1. The molecule has 2 atom stereocenters. The largest absolute Gasteiger partial charge is 0.313 e. The number of rotatable bonds is 11. The van der Waals surface area contributed by atoms with E-state index in [2.05, 4.69) is 30.9 Å². The summed E-state index contributed by atoms with van der Waals surface area (Å²) in [5.41, 5.74) is 0. The van der Waals surface area contributed by atoms with Gasteiger partial charge in [-0.1, -0.05) is 58.8 Å². The van der Waals surface area contributed by atoms with Crippen molar-refractivity contribution in [2.45, 2.75) is 89.3 Å². The molecule has 1 rings (SSSR count). The Morgan fingerprint density at radius 3 is 2.39 bits per heavy atom. The van der Waals surface area contributed by atoms with Gasteiger partial charge in [0, 0.05) is 11.3 Å². The Morgan fingerprint density at radius 2 is 1.67 bits per heavy atom. The maximum atomic E-state index is 3.80. The van der Waals surface area contributed by atoms with E-state index in [4.69, 9.17) is 0 Å². The second kappa shape index (κ2) is 11.2. The third kappa shape index (κ3) is 7.04. The normalized spacial score (nSPS) is 23.7. The smallest absolute Gasteiger partial charge is 0.0201 e. The van der Waals surface area contributed by atoms with Crippen molar-refractivity contribution >= 4 is 11.8 Å². The second-order valence-corrected chi connectivity index (χ2v) is 7.12. The van der Waals surface area contributed by atoms with E-state index < -0.39 is 0 Å². The molecule has 1 fully saturated rings. The van der Waals surface area contributed by atoms with Gasteiger partial charge in [0.2, 0.25) is 0 Å². The molecule has 1 nitrogen and oxygen atoms in total. The van der Waals surface area contributed by atoms with Gasteiger partial charge in [-0.25, -0.2) is 0 Å². The van der Waals surface area contributed by atoms with Gasteiger partial charge >= 0.3 is 0 Å². The minimum atomic E-state index is 0.815. The van der Waals surface area contributed by atoms with E-state index in [1.54, 1.807) is 0 Å². The average molecular weight is 272 g/mol. The molecule has 0 heterocycles. The van der Waals surface area contributed by atoms with Crippen molar-refractivity contribution in [2.75, 3.05) is 12.3 Å². The lowest BCUT2D eigenvalue weighted by molar-refractivity contribution is 0.501. The molecule has 2 unspecified atom stereocenters. The van der Waals surface area contributed by atoms with Gasteiger partial charge in [0.25, 0.3) is 0 Å². The van der Waals surface area contributed by atoms with Crippen molar-refractivity contribution in [3.05, 3.63) is 0 Å². The first-order chi connectivity index (χ1) is 8.88. The molecule has 1 aliphatic carbocycles. The molecular weight excluding hydrogens is 238 g/mol. The molecule has 0 radical (unpaired) electrons. The summed E-state index contributed by atoms with van der Waals surface area (Å²) >= 11 is 2.16. The van der Waals surface area contributed by atoms with E-state index in [1.165, 1.54) is 76.5 Å². The Balaban J connectivity index is 1.91. The maximum Gasteiger partial charge on any atom is 0.0201 e. The lowest BCUT2D eigenvalue weighted by Gasteiger charge is -2.20. The van der Waals surface area contributed by atoms with Gasteiger partial charge in [-0.2, -0.15) is 11.8 Å². The van der Waals surface area contributed by atoms with Gasteiger partial charge in [0.1, 0.15) is 0 Å². The predicted molar refractivity (Wildman–Crippen MR) is 85.6 cm³/mol. The molecule has 1 N–H and O–H groups in total. The van der Waals surface area contributed by atoms with Crippen LogP contribution in [0.3, 0.4) is 0 Å². The zero-order valence-corrected chi connectivity index (χ0v) is 13.4. The average Bonchev–Trinajstić information content (AvgIpc) is 2.81. The first-order valence-electron chi connectivity index (χ1n) is 8.23. The summed E-state index contributed by atoms with van der Waals surface area (Å²) < 4.78 is 0. The van der Waals surface area contributed by atoms with Crippen LogP contribution < -0.4 is 5.32 Å². The van der Waals surface area contributed by atoms with Crippen LogP contribution in [-0.4, -0.2) is 23.6 Å². The van der Waals surface area contributed by atoms with Gasteiger partial charge < -0.3 is 5.32 Å². The molecule has 0 saturated heterocycles. The summed E-state index contributed by atoms with van der Waals surface area (Å²) in [4.78, 5) is 0. The van der Waals surface area contributed by atoms with E-state index in [-0.39, 0.29) is 0 Å². The summed E-state index contributed by atoms with van der Waals surface area (Å²) in [7, 11) is 0. The van der Waals surface area contributed by atoms with Crippen LogP contribution >= 0.6 is 11.8 Å². The summed E-state index contributed by atoms with van der Waals surface area (Å²) in [6.45, 7) is 5.83. The summed E-state index contributed by atoms with van der Waals surface area (Å²) in [6.07, 6.45) is 14.2. The SMILES string of the molecule is CCCCCCCCCNC1CCCC1SCC. The van der Waals surface area contributed by atoms with Crippen LogP contribution in [0.15, 0.2) is 0 Å². The molecule has 0 amide bonds. The fraction of sp³-hybridized carbons (Fsp3) is 1.00. The van der Waals surface area contributed by atoms with E-state index in [1.807, 2.05) is 0 Å². The van der Waals surface area contributed by atoms with Crippen LogP contribution in [0.5, 0.6) is 0 Å². The zero-order valence-electron chi connectivity index (χ0n) is 12.5. The quantitative estimate of drug-likeness (QED) is 0.531. The Morgan fingerprint density at radius 1 is 0.944 bits per heavy atom. The zero-order chi connectivity index (χ0) is 13.1. The minimum absolute atomic E-state index is 0.815. The summed E-state index contributed by atoms with van der Waals surface area (Å²) in [6, 6.07) is 0.815. The Kier molecular flexibility index (Phi) is 10.1. The highest BCUT2D eigenvalue weighted by atomic mass is 32.2. The van der Waals surface area contributed by atoms with Gasteiger partial charge in [-0.05, 0) is 31.6 Å². The molecule has 1 aliphatic rings. The Hall–Kier alpha value is 0.310. The van der Waals surface area contributed by atoms with Crippen molar-refractivity contribution < 1.29 is 0 Å². The molecule has 108 valence electrons. The molecule has 2 heteroatoms. The van der Waals surface area contributed by atoms with Crippen molar-refractivity contribution in [3.63, 3.8) is 0 Å². The van der Waals surface area contributed by atoms with Crippen molar-refractivity contribution in [1.29, 1.82) is 0 Å². The third-order valence-corrected chi connectivity index (χ3v) is 5.35.